The number of hydrogen-bond donors (Lipinski definition) is 0. The Morgan fingerprint density at radius 3 is 2.18 bits per heavy atom. The highest BCUT2D eigenvalue weighted by Gasteiger charge is 1.95. The molecule has 0 N–H and O–H groups in total. The van der Waals surface area contributed by atoms with E-state index in [0.717, 1.165) is 11.1 Å². The smallest absolute Gasteiger partial charge is 0.118 e. The van der Waals surface area contributed by atoms with Crippen LogP contribution >= 0.6 is 7.80 Å². The zero-order valence-corrected chi connectivity index (χ0v) is 7.63. The lowest BCUT2D eigenvalue weighted by Crippen LogP contribution is -1.94. The van der Waals surface area contributed by atoms with Crippen LogP contribution in [0.15, 0.2) is 24.3 Å². The highest BCUT2D eigenvalue weighted by Crippen LogP contribution is 2.15. The average molecular weight is 170 g/mol. The van der Waals surface area contributed by atoms with Gasteiger partial charge in [0.05, 0.1) is 7.11 Å². The van der Waals surface area contributed by atoms with Crippen molar-refractivity contribution in [3.63, 3.8) is 0 Å². The van der Waals surface area contributed by atoms with Crippen molar-refractivity contribution in [2.45, 2.75) is 0 Å². The van der Waals surface area contributed by atoms with Crippen LogP contribution in [0.4, 0.5) is 0 Å². The van der Waals surface area contributed by atoms with E-state index < -0.39 is 7.80 Å². The van der Waals surface area contributed by atoms with Gasteiger partial charge >= 0.3 is 0 Å². The van der Waals surface area contributed by atoms with Crippen molar-refractivity contribution in [1.82, 2.24) is 0 Å². The normalized spacial score (nSPS) is 12.5. The molecule has 1 aromatic rings. The van der Waals surface area contributed by atoms with Crippen molar-refractivity contribution >= 4 is 13.1 Å². The number of methoxy groups -OCH3 is 1. The molecule has 60 valence electrons. The van der Waals surface area contributed by atoms with E-state index in [0.29, 0.717) is 0 Å². The monoisotopic (exact) mass is 170 g/mol. The summed E-state index contributed by atoms with van der Waals surface area (Å²) < 4.78 is 15.9. The number of rotatable bonds is 2. The second kappa shape index (κ2) is 3.59. The largest absolute Gasteiger partial charge is 0.497 e. The lowest BCUT2D eigenvalue weighted by atomic mass is 10.3. The molecular weight excluding hydrogens is 159 g/mol. The minimum Gasteiger partial charge on any atom is -0.497 e. The third kappa shape index (κ3) is 2.09. The Bertz CT molecular complexity index is 253. The van der Waals surface area contributed by atoms with Crippen molar-refractivity contribution in [1.29, 1.82) is 0 Å². The summed E-state index contributed by atoms with van der Waals surface area (Å²) in [6, 6.07) is 7.31. The van der Waals surface area contributed by atoms with Crippen molar-refractivity contribution in [2.24, 2.45) is 0 Å². The molecule has 1 aromatic carbocycles. The fraction of sp³-hybridized carbons (Fsp3) is 0.250. The van der Waals surface area contributed by atoms with Gasteiger partial charge in [-0.1, -0.05) is 0 Å². The second-order valence-electron chi connectivity index (χ2n) is 2.28. The maximum absolute atomic E-state index is 11.0. The Labute approximate surface area is 67.0 Å². The lowest BCUT2D eigenvalue weighted by Gasteiger charge is -1.99. The molecule has 1 unspecified atom stereocenters. The first-order valence-corrected chi connectivity index (χ1v) is 5.30. The van der Waals surface area contributed by atoms with Crippen LogP contribution in [-0.4, -0.2) is 13.8 Å². The molecule has 0 aliphatic heterocycles. The molecule has 0 radical (unpaired) electrons. The summed E-state index contributed by atoms with van der Waals surface area (Å²) in [5, 5.41) is 0.899. The van der Waals surface area contributed by atoms with E-state index in [1.165, 1.54) is 0 Å². The molecule has 0 aromatic heterocycles. The summed E-state index contributed by atoms with van der Waals surface area (Å²) in [5.74, 6) is 0.803. The highest BCUT2D eigenvalue weighted by molar-refractivity contribution is 7.52. The van der Waals surface area contributed by atoms with Crippen LogP contribution < -0.4 is 10.0 Å². The summed E-state index contributed by atoms with van der Waals surface area (Å²) in [7, 11) is 0.0728. The SMILES string of the molecule is COc1ccc([PH](C)=O)cc1. The number of benzene rings is 1. The van der Waals surface area contributed by atoms with Gasteiger partial charge in [-0.3, -0.25) is 0 Å². The summed E-state index contributed by atoms with van der Waals surface area (Å²) in [5.41, 5.74) is 0. The zero-order valence-electron chi connectivity index (χ0n) is 6.63. The molecule has 0 saturated heterocycles. The Morgan fingerprint density at radius 2 is 1.82 bits per heavy atom. The van der Waals surface area contributed by atoms with Crippen molar-refractivity contribution in [3.05, 3.63) is 24.3 Å². The zero-order chi connectivity index (χ0) is 8.27. The van der Waals surface area contributed by atoms with Gasteiger partial charge in [0.25, 0.3) is 0 Å². The van der Waals surface area contributed by atoms with Crippen LogP contribution in [0.1, 0.15) is 0 Å². The molecule has 0 spiro atoms. The highest BCUT2D eigenvalue weighted by atomic mass is 31.1. The van der Waals surface area contributed by atoms with Gasteiger partial charge in [-0.25, -0.2) is 0 Å². The quantitative estimate of drug-likeness (QED) is 0.629. The molecule has 0 amide bonds. The van der Waals surface area contributed by atoms with Crippen LogP contribution in [-0.2, 0) is 4.57 Å². The van der Waals surface area contributed by atoms with E-state index in [2.05, 4.69) is 0 Å². The van der Waals surface area contributed by atoms with Crippen molar-refractivity contribution in [3.8, 4) is 5.75 Å². The van der Waals surface area contributed by atoms with Crippen LogP contribution in [0.3, 0.4) is 0 Å². The van der Waals surface area contributed by atoms with Crippen LogP contribution in [0.5, 0.6) is 5.75 Å². The predicted octanol–water partition coefficient (Wildman–Crippen LogP) is 1.51. The van der Waals surface area contributed by atoms with Gasteiger partial charge in [0, 0.05) is 5.30 Å². The molecule has 3 heteroatoms. The summed E-state index contributed by atoms with van der Waals surface area (Å²) in [6.07, 6.45) is 0. The van der Waals surface area contributed by atoms with E-state index in [-0.39, 0.29) is 0 Å². The fourth-order valence-corrected chi connectivity index (χ4v) is 1.46. The van der Waals surface area contributed by atoms with Gasteiger partial charge in [0.15, 0.2) is 0 Å². The Balaban J connectivity index is 2.91. The first kappa shape index (κ1) is 8.35. The fourth-order valence-electron chi connectivity index (χ4n) is 0.826. The molecule has 0 fully saturated rings. The Hall–Kier alpha value is -0.750. The Kier molecular flexibility index (Phi) is 2.72. The first-order valence-electron chi connectivity index (χ1n) is 3.39. The Morgan fingerprint density at radius 1 is 1.27 bits per heavy atom. The van der Waals surface area contributed by atoms with Gasteiger partial charge in [-0.2, -0.15) is 0 Å². The summed E-state index contributed by atoms with van der Waals surface area (Å²) >= 11 is 0. The molecule has 0 aliphatic carbocycles. The predicted molar refractivity (Wildman–Crippen MR) is 47.6 cm³/mol. The molecule has 0 bridgehead atoms. The maximum Gasteiger partial charge on any atom is 0.118 e. The average Bonchev–Trinajstić information content (AvgIpc) is 2.05. The van der Waals surface area contributed by atoms with Crippen LogP contribution in [0, 0.1) is 0 Å². The molecule has 1 rings (SSSR count). The minimum absolute atomic E-state index is 0.803. The number of hydrogen-bond acceptors (Lipinski definition) is 2. The molecule has 0 heterocycles. The number of ether oxygens (including phenoxy) is 1. The van der Waals surface area contributed by atoms with E-state index in [1.54, 1.807) is 13.8 Å². The maximum atomic E-state index is 11.0. The minimum atomic E-state index is -1.54. The van der Waals surface area contributed by atoms with Crippen LogP contribution in [0.25, 0.3) is 0 Å². The topological polar surface area (TPSA) is 26.3 Å². The van der Waals surface area contributed by atoms with E-state index in [9.17, 15) is 4.57 Å². The molecule has 0 aliphatic rings. The summed E-state index contributed by atoms with van der Waals surface area (Å²) in [6.45, 7) is 1.73. The van der Waals surface area contributed by atoms with E-state index >= 15 is 0 Å². The second-order valence-corrected chi connectivity index (χ2v) is 3.97. The molecule has 2 nitrogen and oxygen atoms in total. The summed E-state index contributed by atoms with van der Waals surface area (Å²) in [4.78, 5) is 0. The standard InChI is InChI=1S/C8H11O2P/c1-10-7-3-5-8(6-4-7)11(2)9/h3-6,11H,1-2H3. The molecule has 11 heavy (non-hydrogen) atoms. The van der Waals surface area contributed by atoms with Crippen molar-refractivity contribution in [2.75, 3.05) is 13.8 Å². The van der Waals surface area contributed by atoms with E-state index in [1.807, 2.05) is 24.3 Å². The molecule has 1 atom stereocenters. The van der Waals surface area contributed by atoms with Gasteiger partial charge in [0.1, 0.15) is 13.6 Å². The lowest BCUT2D eigenvalue weighted by molar-refractivity contribution is 0.415. The molecule has 0 saturated carbocycles. The van der Waals surface area contributed by atoms with Gasteiger partial charge in [0.2, 0.25) is 0 Å². The van der Waals surface area contributed by atoms with Crippen LogP contribution in [0.2, 0.25) is 0 Å². The van der Waals surface area contributed by atoms with Crippen molar-refractivity contribution < 1.29 is 9.30 Å². The van der Waals surface area contributed by atoms with Gasteiger partial charge in [-0.05, 0) is 30.9 Å². The van der Waals surface area contributed by atoms with Gasteiger partial charge in [-0.15, -0.1) is 0 Å². The third-order valence-corrected chi connectivity index (χ3v) is 2.64. The van der Waals surface area contributed by atoms with E-state index in [4.69, 9.17) is 4.74 Å². The third-order valence-electron chi connectivity index (χ3n) is 1.50. The van der Waals surface area contributed by atoms with Gasteiger partial charge < -0.3 is 9.30 Å². The first-order chi connectivity index (χ1) is 5.24. The molecular formula is C8H11O2P.